The van der Waals surface area contributed by atoms with Gasteiger partial charge in [-0.25, -0.2) is 0 Å². The highest BCUT2D eigenvalue weighted by atomic mass is 32.1. The number of nitrogens with one attached hydrogen (secondary N) is 1. The summed E-state index contributed by atoms with van der Waals surface area (Å²) in [6, 6.07) is 0. The van der Waals surface area contributed by atoms with Crippen LogP contribution in [0, 0.1) is 5.92 Å². The van der Waals surface area contributed by atoms with Gasteiger partial charge >= 0.3 is 0 Å². The minimum absolute atomic E-state index is 0.0320. The highest BCUT2D eigenvalue weighted by Gasteiger charge is 2.32. The fraction of sp³-hybridized carbons (Fsp3) is 0.571. The van der Waals surface area contributed by atoms with Crippen molar-refractivity contribution in [1.29, 1.82) is 0 Å². The minimum Gasteiger partial charge on any atom is -0.334 e. The molecule has 2 heterocycles. The van der Waals surface area contributed by atoms with Crippen LogP contribution in [0.5, 0.6) is 0 Å². The van der Waals surface area contributed by atoms with Crippen LogP contribution in [-0.4, -0.2) is 16.0 Å². The van der Waals surface area contributed by atoms with E-state index in [0.29, 0.717) is 17.7 Å². The first-order valence-electron chi connectivity index (χ1n) is 10.2. The number of allylic oxidation sites excluding steroid dienone is 1. The molecular weight excluding hydrogens is 358 g/mol. The number of nitrogens with zero attached hydrogens (tertiary/aromatic N) is 2. The van der Waals surface area contributed by atoms with Crippen LogP contribution in [0.2, 0.25) is 0 Å². The SMILES string of the molecule is CC1CCc2c(sc(NC(=O)C3=CCCCC3)c2-c2nc(C3CC3)no2)C1. The number of carbonyl (C=O) groups excluding carboxylic acids is 1. The molecule has 0 saturated heterocycles. The molecule has 2 aromatic heterocycles. The second kappa shape index (κ2) is 6.89. The molecule has 6 heteroatoms. The number of amides is 1. The van der Waals surface area contributed by atoms with E-state index in [0.717, 1.165) is 66.9 Å². The van der Waals surface area contributed by atoms with Crippen LogP contribution in [0.15, 0.2) is 16.2 Å². The maximum Gasteiger partial charge on any atom is 0.261 e. The normalized spacial score (nSPS) is 22.3. The Labute approximate surface area is 163 Å². The molecule has 1 unspecified atom stereocenters. The van der Waals surface area contributed by atoms with Crippen molar-refractivity contribution in [3.63, 3.8) is 0 Å². The van der Waals surface area contributed by atoms with E-state index in [1.807, 2.05) is 0 Å². The monoisotopic (exact) mass is 383 g/mol. The number of anilines is 1. The second-order valence-electron chi connectivity index (χ2n) is 8.22. The molecule has 5 rings (SSSR count). The van der Waals surface area contributed by atoms with Gasteiger partial charge in [-0.15, -0.1) is 11.3 Å². The lowest BCUT2D eigenvalue weighted by atomic mass is 9.88. The lowest BCUT2D eigenvalue weighted by Gasteiger charge is -2.18. The number of rotatable bonds is 4. The zero-order chi connectivity index (χ0) is 18.4. The van der Waals surface area contributed by atoms with Gasteiger partial charge in [0.1, 0.15) is 5.00 Å². The van der Waals surface area contributed by atoms with E-state index in [9.17, 15) is 4.79 Å². The Balaban J connectivity index is 1.51. The van der Waals surface area contributed by atoms with Gasteiger partial charge in [0.2, 0.25) is 0 Å². The summed E-state index contributed by atoms with van der Waals surface area (Å²) in [4.78, 5) is 18.9. The quantitative estimate of drug-likeness (QED) is 0.784. The van der Waals surface area contributed by atoms with Crippen molar-refractivity contribution >= 4 is 22.2 Å². The largest absolute Gasteiger partial charge is 0.334 e. The molecule has 0 spiro atoms. The summed E-state index contributed by atoms with van der Waals surface area (Å²) in [5.41, 5.74) is 3.19. The number of hydrogen-bond donors (Lipinski definition) is 1. The van der Waals surface area contributed by atoms with Gasteiger partial charge in [0.25, 0.3) is 11.8 Å². The molecule has 1 atom stereocenters. The predicted molar refractivity (Wildman–Crippen MR) is 106 cm³/mol. The van der Waals surface area contributed by atoms with E-state index >= 15 is 0 Å². The van der Waals surface area contributed by atoms with Crippen LogP contribution in [0.4, 0.5) is 5.00 Å². The van der Waals surface area contributed by atoms with E-state index < -0.39 is 0 Å². The van der Waals surface area contributed by atoms with Crippen LogP contribution in [0.1, 0.15) is 74.1 Å². The lowest BCUT2D eigenvalue weighted by Crippen LogP contribution is -2.15. The highest BCUT2D eigenvalue weighted by molar-refractivity contribution is 7.17. The summed E-state index contributed by atoms with van der Waals surface area (Å²) in [6.07, 6.45) is 11.8. The fourth-order valence-corrected chi connectivity index (χ4v) is 5.53. The molecule has 1 amide bonds. The average Bonchev–Trinajstić information content (AvgIpc) is 3.31. The van der Waals surface area contributed by atoms with Gasteiger partial charge in [0.05, 0.1) is 5.56 Å². The van der Waals surface area contributed by atoms with Gasteiger partial charge < -0.3 is 9.84 Å². The van der Waals surface area contributed by atoms with E-state index in [1.54, 1.807) is 11.3 Å². The van der Waals surface area contributed by atoms with Crippen molar-refractivity contribution in [2.24, 2.45) is 5.92 Å². The smallest absolute Gasteiger partial charge is 0.261 e. The molecule has 0 bridgehead atoms. The highest BCUT2D eigenvalue weighted by Crippen LogP contribution is 2.46. The van der Waals surface area contributed by atoms with Crippen molar-refractivity contribution in [3.05, 3.63) is 27.9 Å². The van der Waals surface area contributed by atoms with Crippen molar-refractivity contribution in [3.8, 4) is 11.5 Å². The van der Waals surface area contributed by atoms with Crippen molar-refractivity contribution in [1.82, 2.24) is 10.1 Å². The Hall–Kier alpha value is -1.95. The lowest BCUT2D eigenvalue weighted by molar-refractivity contribution is -0.113. The molecular formula is C21H25N3O2S. The molecule has 2 aromatic rings. The summed E-state index contributed by atoms with van der Waals surface area (Å²) in [5.74, 6) is 2.57. The molecule has 27 heavy (non-hydrogen) atoms. The molecule has 1 fully saturated rings. The Morgan fingerprint density at radius 1 is 1.26 bits per heavy atom. The number of thiophene rings is 1. The summed E-state index contributed by atoms with van der Waals surface area (Å²) in [6.45, 7) is 2.30. The molecule has 3 aliphatic carbocycles. The zero-order valence-corrected chi connectivity index (χ0v) is 16.5. The fourth-order valence-electron chi connectivity index (χ4n) is 4.14. The van der Waals surface area contributed by atoms with Crippen LogP contribution < -0.4 is 5.32 Å². The van der Waals surface area contributed by atoms with Crippen molar-refractivity contribution in [2.45, 2.75) is 70.6 Å². The van der Waals surface area contributed by atoms with Gasteiger partial charge in [0, 0.05) is 16.4 Å². The summed E-state index contributed by atoms with van der Waals surface area (Å²) >= 11 is 1.70. The predicted octanol–water partition coefficient (Wildman–Crippen LogP) is 5.24. The first-order chi connectivity index (χ1) is 13.2. The summed E-state index contributed by atoms with van der Waals surface area (Å²) in [5, 5.41) is 8.28. The number of aromatic nitrogens is 2. The van der Waals surface area contributed by atoms with E-state index in [1.165, 1.54) is 23.3 Å². The number of carbonyl (C=O) groups is 1. The van der Waals surface area contributed by atoms with Crippen LogP contribution >= 0.6 is 11.3 Å². The van der Waals surface area contributed by atoms with Gasteiger partial charge in [-0.3, -0.25) is 4.79 Å². The van der Waals surface area contributed by atoms with Crippen molar-refractivity contribution < 1.29 is 9.32 Å². The van der Waals surface area contributed by atoms with Gasteiger partial charge in [-0.05, 0) is 69.3 Å². The molecule has 0 aromatic carbocycles. The maximum absolute atomic E-state index is 12.8. The van der Waals surface area contributed by atoms with Crippen LogP contribution in [0.25, 0.3) is 11.5 Å². The number of hydrogen-bond acceptors (Lipinski definition) is 5. The summed E-state index contributed by atoms with van der Waals surface area (Å²) in [7, 11) is 0. The van der Waals surface area contributed by atoms with E-state index in [-0.39, 0.29) is 5.91 Å². The average molecular weight is 384 g/mol. The third-order valence-electron chi connectivity index (χ3n) is 5.92. The molecule has 3 aliphatic rings. The first-order valence-corrected chi connectivity index (χ1v) is 11.0. The zero-order valence-electron chi connectivity index (χ0n) is 15.7. The van der Waals surface area contributed by atoms with Gasteiger partial charge in [-0.1, -0.05) is 18.2 Å². The molecule has 1 saturated carbocycles. The first kappa shape index (κ1) is 17.2. The van der Waals surface area contributed by atoms with E-state index in [4.69, 9.17) is 4.52 Å². The van der Waals surface area contributed by atoms with E-state index in [2.05, 4.69) is 28.5 Å². The molecule has 1 N–H and O–H groups in total. The Morgan fingerprint density at radius 3 is 2.93 bits per heavy atom. The number of fused-ring (bicyclic) bond motifs is 1. The topological polar surface area (TPSA) is 68.0 Å². The minimum atomic E-state index is 0.0320. The molecule has 5 nitrogen and oxygen atoms in total. The maximum atomic E-state index is 12.8. The standard InChI is InChI=1S/C21H25N3O2S/c1-12-7-10-15-16(11-12)27-21(23-19(25)14-5-3-2-4-6-14)17(15)20-22-18(24-26-20)13-8-9-13/h5,12-13H,2-4,6-11H2,1H3,(H,23,25). The second-order valence-corrected chi connectivity index (χ2v) is 9.32. The molecule has 0 radical (unpaired) electrons. The van der Waals surface area contributed by atoms with Gasteiger partial charge in [0.15, 0.2) is 5.82 Å². The van der Waals surface area contributed by atoms with Crippen molar-refractivity contribution in [2.75, 3.05) is 5.32 Å². The summed E-state index contributed by atoms with van der Waals surface area (Å²) < 4.78 is 5.65. The third-order valence-corrected chi connectivity index (χ3v) is 7.09. The Bertz CT molecular complexity index is 907. The van der Waals surface area contributed by atoms with Crippen LogP contribution in [0.3, 0.4) is 0 Å². The third kappa shape index (κ3) is 3.35. The Morgan fingerprint density at radius 2 is 2.15 bits per heavy atom. The molecule has 142 valence electrons. The van der Waals surface area contributed by atoms with Gasteiger partial charge in [-0.2, -0.15) is 4.98 Å². The Kier molecular flexibility index (Phi) is 4.38. The van der Waals surface area contributed by atoms with Crippen LogP contribution in [-0.2, 0) is 17.6 Å². The molecule has 0 aliphatic heterocycles.